The highest BCUT2D eigenvalue weighted by Crippen LogP contribution is 2.12. The molecule has 2 amide bonds. The third kappa shape index (κ3) is 4.28. The van der Waals surface area contributed by atoms with Crippen LogP contribution in [0.2, 0.25) is 0 Å². The minimum Gasteiger partial charge on any atom is -0.481 e. The molecule has 2 aromatic heterocycles. The van der Waals surface area contributed by atoms with Gasteiger partial charge < -0.3 is 15.4 Å². The Morgan fingerprint density at radius 2 is 2.19 bits per heavy atom. The summed E-state index contributed by atoms with van der Waals surface area (Å²) in [5.74, 6) is -0.0602. The van der Waals surface area contributed by atoms with Gasteiger partial charge in [-0.15, -0.1) is 0 Å². The van der Waals surface area contributed by atoms with Crippen molar-refractivity contribution >= 4 is 23.2 Å². The second kappa shape index (κ2) is 7.39. The molecule has 0 fully saturated rings. The van der Waals surface area contributed by atoms with Gasteiger partial charge in [0.1, 0.15) is 0 Å². The lowest BCUT2D eigenvalue weighted by Crippen LogP contribution is -2.36. The van der Waals surface area contributed by atoms with Crippen molar-refractivity contribution in [2.24, 2.45) is 0 Å². The number of rotatable bonds is 6. The van der Waals surface area contributed by atoms with Crippen LogP contribution in [0.5, 0.6) is 5.88 Å². The minimum absolute atomic E-state index is 0.0722. The summed E-state index contributed by atoms with van der Waals surface area (Å²) >= 11 is 1.43. The molecular weight excluding hydrogens is 290 g/mol. The first kappa shape index (κ1) is 15.0. The van der Waals surface area contributed by atoms with Crippen LogP contribution in [-0.2, 0) is 11.3 Å². The fourth-order valence-corrected chi connectivity index (χ4v) is 2.29. The van der Waals surface area contributed by atoms with E-state index in [1.165, 1.54) is 18.4 Å². The number of aromatic nitrogens is 1. The van der Waals surface area contributed by atoms with Crippen LogP contribution < -0.4 is 15.4 Å². The first-order valence-corrected chi connectivity index (χ1v) is 7.20. The Morgan fingerprint density at radius 3 is 2.90 bits per heavy atom. The molecule has 110 valence electrons. The number of ether oxygens (including phenoxy) is 1. The number of pyridine rings is 1. The summed E-state index contributed by atoms with van der Waals surface area (Å²) in [6, 6.07) is 5.29. The van der Waals surface area contributed by atoms with Crippen molar-refractivity contribution < 1.29 is 14.3 Å². The van der Waals surface area contributed by atoms with Crippen LogP contribution in [0.3, 0.4) is 0 Å². The summed E-state index contributed by atoms with van der Waals surface area (Å²) in [7, 11) is 1.52. The first-order valence-electron chi connectivity index (χ1n) is 6.25. The van der Waals surface area contributed by atoms with Crippen LogP contribution in [0.4, 0.5) is 0 Å². The Balaban J connectivity index is 1.78. The SMILES string of the molecule is COc1ncccc1CNC(=O)CNC(=O)c1ccsc1. The number of hydrogen-bond acceptors (Lipinski definition) is 5. The molecule has 0 radical (unpaired) electrons. The van der Waals surface area contributed by atoms with E-state index in [2.05, 4.69) is 15.6 Å². The highest BCUT2D eigenvalue weighted by molar-refractivity contribution is 7.08. The second-order valence-corrected chi connectivity index (χ2v) is 4.92. The van der Waals surface area contributed by atoms with Crippen LogP contribution in [0.15, 0.2) is 35.2 Å². The molecular formula is C14H15N3O3S. The van der Waals surface area contributed by atoms with Gasteiger partial charge in [0.15, 0.2) is 0 Å². The zero-order chi connectivity index (χ0) is 15.1. The summed E-state index contributed by atoms with van der Waals surface area (Å²) in [6.07, 6.45) is 1.62. The average molecular weight is 305 g/mol. The molecule has 0 saturated heterocycles. The summed E-state index contributed by atoms with van der Waals surface area (Å²) in [5.41, 5.74) is 1.33. The number of nitrogens with one attached hydrogen (secondary N) is 2. The quantitative estimate of drug-likeness (QED) is 0.840. The molecule has 0 aromatic carbocycles. The fourth-order valence-electron chi connectivity index (χ4n) is 1.66. The van der Waals surface area contributed by atoms with Gasteiger partial charge in [0.2, 0.25) is 11.8 Å². The molecule has 21 heavy (non-hydrogen) atoms. The number of thiophene rings is 1. The number of carbonyl (C=O) groups is 2. The Morgan fingerprint density at radius 1 is 1.33 bits per heavy atom. The largest absolute Gasteiger partial charge is 0.481 e. The van der Waals surface area contributed by atoms with Gasteiger partial charge >= 0.3 is 0 Å². The molecule has 0 aliphatic rings. The molecule has 7 heteroatoms. The lowest BCUT2D eigenvalue weighted by atomic mass is 10.2. The van der Waals surface area contributed by atoms with Gasteiger partial charge in [0.25, 0.3) is 5.91 Å². The molecule has 2 N–H and O–H groups in total. The van der Waals surface area contributed by atoms with Crippen molar-refractivity contribution in [1.82, 2.24) is 15.6 Å². The van der Waals surface area contributed by atoms with Gasteiger partial charge in [-0.1, -0.05) is 6.07 Å². The van der Waals surface area contributed by atoms with Gasteiger partial charge in [-0.05, 0) is 17.5 Å². The molecule has 0 spiro atoms. The summed E-state index contributed by atoms with van der Waals surface area (Å²) in [5, 5.41) is 8.80. The van der Waals surface area contributed by atoms with Crippen LogP contribution in [0, 0.1) is 0 Å². The fraction of sp³-hybridized carbons (Fsp3) is 0.214. The van der Waals surface area contributed by atoms with E-state index in [0.29, 0.717) is 18.0 Å². The van der Waals surface area contributed by atoms with E-state index in [0.717, 1.165) is 5.56 Å². The third-order valence-electron chi connectivity index (χ3n) is 2.71. The molecule has 2 heterocycles. The van der Waals surface area contributed by atoms with E-state index >= 15 is 0 Å². The molecule has 2 rings (SSSR count). The van der Waals surface area contributed by atoms with E-state index in [-0.39, 0.29) is 18.4 Å². The van der Waals surface area contributed by atoms with E-state index in [1.54, 1.807) is 23.7 Å². The third-order valence-corrected chi connectivity index (χ3v) is 3.40. The van der Waals surface area contributed by atoms with E-state index in [1.807, 2.05) is 11.4 Å². The lowest BCUT2D eigenvalue weighted by molar-refractivity contribution is -0.120. The minimum atomic E-state index is -0.274. The molecule has 0 aliphatic heterocycles. The molecule has 0 bridgehead atoms. The van der Waals surface area contributed by atoms with Gasteiger partial charge in [-0.25, -0.2) is 4.98 Å². The number of amides is 2. The maximum absolute atomic E-state index is 11.7. The lowest BCUT2D eigenvalue weighted by Gasteiger charge is -2.09. The first-order chi connectivity index (χ1) is 10.2. The summed E-state index contributed by atoms with van der Waals surface area (Å²) in [4.78, 5) is 27.4. The van der Waals surface area contributed by atoms with Crippen LogP contribution in [0.25, 0.3) is 0 Å². The second-order valence-electron chi connectivity index (χ2n) is 4.14. The highest BCUT2D eigenvalue weighted by atomic mass is 32.1. The van der Waals surface area contributed by atoms with Crippen molar-refractivity contribution in [1.29, 1.82) is 0 Å². The Bertz CT molecular complexity index is 614. The Hall–Kier alpha value is -2.41. The number of carbonyl (C=O) groups excluding carboxylic acids is 2. The van der Waals surface area contributed by atoms with Crippen molar-refractivity contribution in [2.75, 3.05) is 13.7 Å². The van der Waals surface area contributed by atoms with Gasteiger partial charge in [0.05, 0.1) is 13.7 Å². The predicted molar refractivity (Wildman–Crippen MR) is 79.3 cm³/mol. The van der Waals surface area contributed by atoms with Crippen molar-refractivity contribution in [2.45, 2.75) is 6.54 Å². The Labute approximate surface area is 126 Å². The monoisotopic (exact) mass is 305 g/mol. The molecule has 0 atom stereocenters. The highest BCUT2D eigenvalue weighted by Gasteiger charge is 2.09. The van der Waals surface area contributed by atoms with E-state index in [4.69, 9.17) is 4.74 Å². The van der Waals surface area contributed by atoms with Crippen LogP contribution in [0.1, 0.15) is 15.9 Å². The molecule has 0 saturated carbocycles. The maximum atomic E-state index is 11.7. The van der Waals surface area contributed by atoms with Crippen molar-refractivity contribution in [3.63, 3.8) is 0 Å². The van der Waals surface area contributed by atoms with Crippen LogP contribution in [-0.4, -0.2) is 30.5 Å². The molecule has 0 unspecified atom stereocenters. The van der Waals surface area contributed by atoms with Gasteiger partial charge in [-0.2, -0.15) is 11.3 Å². The normalized spacial score (nSPS) is 9.95. The predicted octanol–water partition coefficient (Wildman–Crippen LogP) is 1.20. The molecule has 2 aromatic rings. The standard InChI is InChI=1S/C14H15N3O3S/c1-20-14-10(3-2-5-15-14)7-16-12(18)8-17-13(19)11-4-6-21-9-11/h2-6,9H,7-8H2,1H3,(H,16,18)(H,17,19). The van der Waals surface area contributed by atoms with Crippen molar-refractivity contribution in [3.8, 4) is 5.88 Å². The smallest absolute Gasteiger partial charge is 0.252 e. The number of methoxy groups -OCH3 is 1. The average Bonchev–Trinajstić information content (AvgIpc) is 3.05. The molecule has 0 aliphatic carbocycles. The molecule has 6 nitrogen and oxygen atoms in total. The van der Waals surface area contributed by atoms with Gasteiger partial charge in [0, 0.05) is 29.2 Å². The number of hydrogen-bond donors (Lipinski definition) is 2. The van der Waals surface area contributed by atoms with E-state index < -0.39 is 0 Å². The maximum Gasteiger partial charge on any atom is 0.252 e. The van der Waals surface area contributed by atoms with Crippen molar-refractivity contribution in [3.05, 3.63) is 46.3 Å². The van der Waals surface area contributed by atoms with Crippen LogP contribution >= 0.6 is 11.3 Å². The number of nitrogens with zero attached hydrogens (tertiary/aromatic N) is 1. The Kier molecular flexibility index (Phi) is 5.28. The summed E-state index contributed by atoms with van der Waals surface area (Å²) < 4.78 is 5.09. The zero-order valence-corrected chi connectivity index (χ0v) is 12.3. The topological polar surface area (TPSA) is 80.3 Å². The summed E-state index contributed by atoms with van der Waals surface area (Å²) in [6.45, 7) is 0.224. The zero-order valence-electron chi connectivity index (χ0n) is 11.5. The van der Waals surface area contributed by atoms with Gasteiger partial charge in [-0.3, -0.25) is 9.59 Å². The van der Waals surface area contributed by atoms with E-state index in [9.17, 15) is 9.59 Å².